The van der Waals surface area contributed by atoms with E-state index in [9.17, 15) is 13.2 Å². The molecule has 0 unspecified atom stereocenters. The zero-order chi connectivity index (χ0) is 15.8. The molecule has 21 heavy (non-hydrogen) atoms. The van der Waals surface area contributed by atoms with Crippen LogP contribution in [0.3, 0.4) is 0 Å². The van der Waals surface area contributed by atoms with Crippen LogP contribution in [0.4, 0.5) is 5.69 Å². The highest BCUT2D eigenvalue weighted by Gasteiger charge is 2.20. The second-order valence-corrected chi connectivity index (χ2v) is 6.64. The second kappa shape index (κ2) is 5.25. The number of carboxylic acids is 1. The number of nitrogens with zero attached hydrogens (tertiary/aromatic N) is 1. The first-order chi connectivity index (χ1) is 9.69. The maximum atomic E-state index is 12.3. The van der Waals surface area contributed by atoms with Gasteiger partial charge in [-0.25, -0.2) is 13.2 Å². The van der Waals surface area contributed by atoms with Crippen molar-refractivity contribution in [1.82, 2.24) is 4.57 Å². The van der Waals surface area contributed by atoms with E-state index in [0.717, 1.165) is 17.2 Å². The van der Waals surface area contributed by atoms with Gasteiger partial charge in [0.25, 0.3) is 10.0 Å². The highest BCUT2D eigenvalue weighted by Crippen LogP contribution is 2.20. The SMILES string of the molecule is Cc1cc(C)cc(NS(=O)(=O)c2cc(C(=O)O)n(C)c2)c1. The molecule has 0 aliphatic carbocycles. The Hall–Kier alpha value is -2.28. The molecule has 6 nitrogen and oxygen atoms in total. The van der Waals surface area contributed by atoms with Gasteiger partial charge in [0.2, 0.25) is 0 Å². The molecule has 0 fully saturated rings. The molecule has 0 aliphatic rings. The third-order valence-electron chi connectivity index (χ3n) is 2.98. The largest absolute Gasteiger partial charge is 0.477 e. The summed E-state index contributed by atoms with van der Waals surface area (Å²) in [4.78, 5) is 10.9. The molecule has 1 aromatic heterocycles. The predicted octanol–water partition coefficient (Wildman–Crippen LogP) is 2.14. The number of carbonyl (C=O) groups is 1. The average Bonchev–Trinajstić information content (AvgIpc) is 2.70. The zero-order valence-electron chi connectivity index (χ0n) is 11.9. The van der Waals surface area contributed by atoms with Crippen molar-refractivity contribution in [3.05, 3.63) is 47.3 Å². The Morgan fingerprint density at radius 1 is 1.14 bits per heavy atom. The molecule has 0 saturated carbocycles. The Kier molecular flexibility index (Phi) is 3.78. The van der Waals surface area contributed by atoms with Crippen molar-refractivity contribution in [2.45, 2.75) is 18.7 Å². The number of sulfonamides is 1. The molecule has 0 bridgehead atoms. The van der Waals surface area contributed by atoms with Gasteiger partial charge in [-0.3, -0.25) is 4.72 Å². The molecule has 7 heteroatoms. The third-order valence-corrected chi connectivity index (χ3v) is 4.33. The fraction of sp³-hybridized carbons (Fsp3) is 0.214. The topological polar surface area (TPSA) is 88.4 Å². The summed E-state index contributed by atoms with van der Waals surface area (Å²) in [7, 11) is -2.33. The van der Waals surface area contributed by atoms with Crippen LogP contribution in [0.25, 0.3) is 0 Å². The summed E-state index contributed by atoms with van der Waals surface area (Å²) in [6.07, 6.45) is 1.27. The van der Waals surface area contributed by atoms with Gasteiger partial charge in [-0.2, -0.15) is 0 Å². The Labute approximate surface area is 123 Å². The monoisotopic (exact) mass is 308 g/mol. The van der Waals surface area contributed by atoms with Gasteiger partial charge >= 0.3 is 5.97 Å². The zero-order valence-corrected chi connectivity index (χ0v) is 12.7. The van der Waals surface area contributed by atoms with E-state index < -0.39 is 16.0 Å². The van der Waals surface area contributed by atoms with E-state index in [1.165, 1.54) is 17.8 Å². The van der Waals surface area contributed by atoms with Crippen LogP contribution in [0.2, 0.25) is 0 Å². The number of benzene rings is 1. The molecule has 0 atom stereocenters. The van der Waals surface area contributed by atoms with Gasteiger partial charge in [0.05, 0.1) is 0 Å². The lowest BCUT2D eigenvalue weighted by Gasteiger charge is -2.08. The van der Waals surface area contributed by atoms with Crippen molar-refractivity contribution in [2.24, 2.45) is 7.05 Å². The predicted molar refractivity (Wildman–Crippen MR) is 79.1 cm³/mol. The highest BCUT2D eigenvalue weighted by molar-refractivity contribution is 7.92. The van der Waals surface area contributed by atoms with E-state index >= 15 is 0 Å². The Morgan fingerprint density at radius 2 is 1.71 bits per heavy atom. The molecule has 2 aromatic rings. The minimum Gasteiger partial charge on any atom is -0.477 e. The summed E-state index contributed by atoms with van der Waals surface area (Å²) >= 11 is 0. The highest BCUT2D eigenvalue weighted by atomic mass is 32.2. The van der Waals surface area contributed by atoms with Crippen molar-refractivity contribution >= 4 is 21.7 Å². The summed E-state index contributed by atoms with van der Waals surface area (Å²) < 4.78 is 28.3. The lowest BCUT2D eigenvalue weighted by atomic mass is 10.1. The van der Waals surface area contributed by atoms with Crippen LogP contribution in [0.15, 0.2) is 35.4 Å². The van der Waals surface area contributed by atoms with E-state index in [0.29, 0.717) is 5.69 Å². The van der Waals surface area contributed by atoms with Crippen LogP contribution < -0.4 is 4.72 Å². The second-order valence-electron chi connectivity index (χ2n) is 4.96. The molecule has 2 N–H and O–H groups in total. The molecule has 0 amide bonds. The van der Waals surface area contributed by atoms with Crippen molar-refractivity contribution in [3.8, 4) is 0 Å². The van der Waals surface area contributed by atoms with Crippen molar-refractivity contribution < 1.29 is 18.3 Å². The minimum atomic E-state index is -3.82. The smallest absolute Gasteiger partial charge is 0.352 e. The number of aromatic carboxylic acids is 1. The standard InChI is InChI=1S/C14H16N2O4S/c1-9-4-10(2)6-11(5-9)15-21(19,20)12-7-13(14(17)18)16(3)8-12/h4-8,15H,1-3H3,(H,17,18). The number of aromatic nitrogens is 1. The minimum absolute atomic E-state index is 0.0819. The van der Waals surface area contributed by atoms with Gasteiger partial charge in [0.1, 0.15) is 10.6 Å². The van der Waals surface area contributed by atoms with E-state index in [4.69, 9.17) is 5.11 Å². The van der Waals surface area contributed by atoms with E-state index in [-0.39, 0.29) is 10.6 Å². The molecule has 112 valence electrons. The first kappa shape index (κ1) is 15.1. The van der Waals surface area contributed by atoms with Crippen LogP contribution in [0.1, 0.15) is 21.6 Å². The molecule has 2 rings (SSSR count). The fourth-order valence-electron chi connectivity index (χ4n) is 2.14. The van der Waals surface area contributed by atoms with Crippen LogP contribution in [0.5, 0.6) is 0 Å². The normalized spacial score (nSPS) is 11.4. The van der Waals surface area contributed by atoms with Crippen molar-refractivity contribution in [3.63, 3.8) is 0 Å². The maximum Gasteiger partial charge on any atom is 0.352 e. The van der Waals surface area contributed by atoms with Gasteiger partial charge in [-0.1, -0.05) is 6.07 Å². The van der Waals surface area contributed by atoms with Crippen LogP contribution >= 0.6 is 0 Å². The summed E-state index contributed by atoms with van der Waals surface area (Å²) in [5, 5.41) is 8.97. The maximum absolute atomic E-state index is 12.3. The lowest BCUT2D eigenvalue weighted by Crippen LogP contribution is -2.12. The van der Waals surface area contributed by atoms with Crippen LogP contribution in [-0.2, 0) is 17.1 Å². The fourth-order valence-corrected chi connectivity index (χ4v) is 3.25. The first-order valence-electron chi connectivity index (χ1n) is 6.20. The summed E-state index contributed by atoms with van der Waals surface area (Å²) in [5.41, 5.74) is 2.24. The molecule has 0 aliphatic heterocycles. The molecule has 0 spiro atoms. The Bertz CT molecular complexity index is 786. The Morgan fingerprint density at radius 3 is 2.19 bits per heavy atom. The number of rotatable bonds is 4. The summed E-state index contributed by atoms with van der Waals surface area (Å²) in [6.45, 7) is 3.74. The van der Waals surface area contributed by atoms with Gasteiger partial charge < -0.3 is 9.67 Å². The van der Waals surface area contributed by atoms with E-state index in [2.05, 4.69) is 4.72 Å². The number of aryl methyl sites for hydroxylation is 3. The van der Waals surface area contributed by atoms with Gasteiger partial charge in [0.15, 0.2) is 0 Å². The lowest BCUT2D eigenvalue weighted by molar-refractivity contribution is 0.0686. The molecular weight excluding hydrogens is 292 g/mol. The van der Waals surface area contributed by atoms with Crippen molar-refractivity contribution in [2.75, 3.05) is 4.72 Å². The molecule has 1 aromatic carbocycles. The Balaban J connectivity index is 2.38. The average molecular weight is 308 g/mol. The van der Waals surface area contributed by atoms with Crippen LogP contribution in [-0.4, -0.2) is 24.1 Å². The van der Waals surface area contributed by atoms with Gasteiger partial charge in [-0.15, -0.1) is 0 Å². The third kappa shape index (κ3) is 3.25. The molecule has 0 radical (unpaired) electrons. The number of hydrogen-bond acceptors (Lipinski definition) is 3. The quantitative estimate of drug-likeness (QED) is 0.905. The molecule has 0 saturated heterocycles. The molecular formula is C14H16N2O4S. The number of hydrogen-bond donors (Lipinski definition) is 2. The van der Waals surface area contributed by atoms with Gasteiger partial charge in [0, 0.05) is 18.9 Å². The molecule has 1 heterocycles. The van der Waals surface area contributed by atoms with Crippen LogP contribution in [0, 0.1) is 13.8 Å². The summed E-state index contributed by atoms with van der Waals surface area (Å²) in [5.74, 6) is -1.18. The van der Waals surface area contributed by atoms with E-state index in [1.807, 2.05) is 19.9 Å². The number of carboxylic acid groups (broad SMARTS) is 1. The number of anilines is 1. The van der Waals surface area contributed by atoms with Gasteiger partial charge in [-0.05, 0) is 43.2 Å². The first-order valence-corrected chi connectivity index (χ1v) is 7.68. The van der Waals surface area contributed by atoms with Crippen molar-refractivity contribution in [1.29, 1.82) is 0 Å². The summed E-state index contributed by atoms with van der Waals surface area (Å²) in [6, 6.07) is 6.49. The number of nitrogens with one attached hydrogen (secondary N) is 1. The van der Waals surface area contributed by atoms with E-state index in [1.54, 1.807) is 12.1 Å².